The zero-order chi connectivity index (χ0) is 17.3. The van der Waals surface area contributed by atoms with Gasteiger partial charge in [-0.2, -0.15) is 0 Å². The van der Waals surface area contributed by atoms with Crippen molar-refractivity contribution in [3.63, 3.8) is 0 Å². The summed E-state index contributed by atoms with van der Waals surface area (Å²) in [5.74, 6) is -0.211. The van der Waals surface area contributed by atoms with Gasteiger partial charge in [-0.15, -0.1) is 11.3 Å². The smallest absolute Gasteiger partial charge is 0.329 e. The normalized spacial score (nSPS) is 14.9. The third-order valence-corrected chi connectivity index (χ3v) is 4.96. The van der Waals surface area contributed by atoms with Crippen molar-refractivity contribution in [2.45, 2.75) is 25.8 Å². The van der Waals surface area contributed by atoms with Crippen LogP contribution in [-0.2, 0) is 4.79 Å². The zero-order valence-corrected chi connectivity index (χ0v) is 14.0. The third-order valence-electron chi connectivity index (χ3n) is 3.92. The molecule has 0 radical (unpaired) electrons. The molecule has 0 saturated carbocycles. The van der Waals surface area contributed by atoms with Crippen molar-refractivity contribution in [1.82, 2.24) is 10.3 Å². The molecule has 1 amide bonds. The minimum Gasteiger partial charge on any atom is -0.480 e. The van der Waals surface area contributed by atoms with E-state index in [1.165, 1.54) is 24.5 Å². The minimum atomic E-state index is -1.31. The van der Waals surface area contributed by atoms with Crippen LogP contribution < -0.4 is 14.8 Å². The SMILES string of the molecule is CCC(C)(NC(=O)c1cnc(-c2ccc3c(c2)OCO3)s1)C(=O)O. The second-order valence-electron chi connectivity index (χ2n) is 5.54. The number of nitrogens with zero attached hydrogens (tertiary/aromatic N) is 1. The number of rotatable bonds is 5. The van der Waals surface area contributed by atoms with Crippen molar-refractivity contribution in [3.05, 3.63) is 29.3 Å². The fourth-order valence-corrected chi connectivity index (χ4v) is 2.96. The van der Waals surface area contributed by atoms with E-state index in [1.54, 1.807) is 19.1 Å². The van der Waals surface area contributed by atoms with E-state index >= 15 is 0 Å². The monoisotopic (exact) mass is 348 g/mol. The van der Waals surface area contributed by atoms with E-state index in [2.05, 4.69) is 10.3 Å². The van der Waals surface area contributed by atoms with E-state index in [-0.39, 0.29) is 13.2 Å². The van der Waals surface area contributed by atoms with Crippen LogP contribution in [0.3, 0.4) is 0 Å². The minimum absolute atomic E-state index is 0.190. The first kappa shape index (κ1) is 16.3. The van der Waals surface area contributed by atoms with E-state index < -0.39 is 17.4 Å². The first-order valence-corrected chi connectivity index (χ1v) is 8.16. The second kappa shape index (κ2) is 6.12. The highest BCUT2D eigenvalue weighted by Gasteiger charge is 2.33. The standard InChI is InChI=1S/C16H16N2O5S/c1-3-16(2,15(20)21)18-13(19)12-7-17-14(24-12)9-4-5-10-11(6-9)23-8-22-10/h4-7H,3,8H2,1-2H3,(H,18,19)(H,20,21). The van der Waals surface area contributed by atoms with Crippen molar-refractivity contribution in [1.29, 1.82) is 0 Å². The summed E-state index contributed by atoms with van der Waals surface area (Å²) in [4.78, 5) is 28.2. The van der Waals surface area contributed by atoms with Gasteiger partial charge in [0.25, 0.3) is 5.91 Å². The summed E-state index contributed by atoms with van der Waals surface area (Å²) in [5.41, 5.74) is -0.500. The number of nitrogens with one attached hydrogen (secondary N) is 1. The number of hydrogen-bond acceptors (Lipinski definition) is 6. The Balaban J connectivity index is 1.80. The number of thiazole rings is 1. The van der Waals surface area contributed by atoms with Crippen LogP contribution in [0.5, 0.6) is 11.5 Å². The van der Waals surface area contributed by atoms with Crippen molar-refractivity contribution in [2.24, 2.45) is 0 Å². The lowest BCUT2D eigenvalue weighted by Crippen LogP contribution is -2.51. The molecule has 1 atom stereocenters. The number of carboxylic acid groups (broad SMARTS) is 1. The number of aliphatic carboxylic acids is 1. The lowest BCUT2D eigenvalue weighted by atomic mass is 9.99. The van der Waals surface area contributed by atoms with Gasteiger partial charge in [-0.3, -0.25) is 4.79 Å². The number of carboxylic acids is 1. The molecule has 1 aliphatic heterocycles. The van der Waals surface area contributed by atoms with E-state index in [0.29, 0.717) is 21.4 Å². The molecule has 126 valence electrons. The topological polar surface area (TPSA) is 97.8 Å². The number of carbonyl (C=O) groups is 2. The second-order valence-corrected chi connectivity index (χ2v) is 6.57. The maximum absolute atomic E-state index is 12.3. The largest absolute Gasteiger partial charge is 0.480 e. The Morgan fingerprint density at radius 2 is 2.12 bits per heavy atom. The Hall–Kier alpha value is -2.61. The zero-order valence-electron chi connectivity index (χ0n) is 13.2. The number of fused-ring (bicyclic) bond motifs is 1. The molecule has 24 heavy (non-hydrogen) atoms. The van der Waals surface area contributed by atoms with Gasteiger partial charge in [-0.25, -0.2) is 9.78 Å². The van der Waals surface area contributed by atoms with Gasteiger partial charge in [0.05, 0.1) is 6.20 Å². The molecule has 1 unspecified atom stereocenters. The number of benzene rings is 1. The predicted molar refractivity (Wildman–Crippen MR) is 87.5 cm³/mol. The summed E-state index contributed by atoms with van der Waals surface area (Å²) in [5, 5.41) is 12.4. The molecule has 0 aliphatic carbocycles. The van der Waals surface area contributed by atoms with Crippen molar-refractivity contribution in [3.8, 4) is 22.1 Å². The van der Waals surface area contributed by atoms with Gasteiger partial charge < -0.3 is 19.9 Å². The van der Waals surface area contributed by atoms with Crippen LogP contribution >= 0.6 is 11.3 Å². The summed E-state index contributed by atoms with van der Waals surface area (Å²) < 4.78 is 10.6. The lowest BCUT2D eigenvalue weighted by Gasteiger charge is -2.23. The van der Waals surface area contributed by atoms with E-state index in [1.807, 2.05) is 6.07 Å². The highest BCUT2D eigenvalue weighted by atomic mass is 32.1. The fraction of sp³-hybridized carbons (Fsp3) is 0.312. The molecule has 7 nitrogen and oxygen atoms in total. The molecule has 1 aromatic carbocycles. The summed E-state index contributed by atoms with van der Waals surface area (Å²) in [7, 11) is 0. The molecule has 8 heteroatoms. The number of carbonyl (C=O) groups excluding carboxylic acids is 1. The van der Waals surface area contributed by atoms with Crippen molar-refractivity contribution < 1.29 is 24.2 Å². The lowest BCUT2D eigenvalue weighted by molar-refractivity contribution is -0.143. The van der Waals surface area contributed by atoms with Crippen molar-refractivity contribution in [2.75, 3.05) is 6.79 Å². The van der Waals surface area contributed by atoms with Gasteiger partial charge in [0, 0.05) is 5.56 Å². The molecule has 1 aliphatic rings. The molecule has 0 fully saturated rings. The Labute approximate surface area is 142 Å². The van der Waals surface area contributed by atoms with Crippen molar-refractivity contribution >= 4 is 23.2 Å². The Morgan fingerprint density at radius 1 is 1.38 bits per heavy atom. The van der Waals surface area contributed by atoms with Crippen LogP contribution in [0.4, 0.5) is 0 Å². The van der Waals surface area contributed by atoms with Crippen LogP contribution in [0.25, 0.3) is 10.6 Å². The van der Waals surface area contributed by atoms with Gasteiger partial charge in [0.2, 0.25) is 6.79 Å². The van der Waals surface area contributed by atoms with Gasteiger partial charge in [-0.05, 0) is 31.5 Å². The number of hydrogen-bond donors (Lipinski definition) is 2. The first-order chi connectivity index (χ1) is 11.4. The Bertz CT molecular complexity index is 804. The van der Waals surface area contributed by atoms with Crippen LogP contribution in [-0.4, -0.2) is 34.3 Å². The van der Waals surface area contributed by atoms with E-state index in [0.717, 1.165) is 5.56 Å². The van der Waals surface area contributed by atoms with Crippen LogP contribution in [0.2, 0.25) is 0 Å². The number of ether oxygens (including phenoxy) is 2. The van der Waals surface area contributed by atoms with E-state index in [9.17, 15) is 14.7 Å². The molecule has 0 bridgehead atoms. The highest BCUT2D eigenvalue weighted by molar-refractivity contribution is 7.16. The molecular weight excluding hydrogens is 332 g/mol. The van der Waals surface area contributed by atoms with Crippen LogP contribution in [0, 0.1) is 0 Å². The maximum atomic E-state index is 12.3. The molecule has 2 N–H and O–H groups in total. The molecule has 1 aromatic heterocycles. The van der Waals surface area contributed by atoms with E-state index in [4.69, 9.17) is 9.47 Å². The third kappa shape index (κ3) is 2.92. The summed E-state index contributed by atoms with van der Waals surface area (Å²) in [6.07, 6.45) is 1.72. The fourth-order valence-electron chi connectivity index (χ4n) is 2.15. The number of amides is 1. The number of aromatic nitrogens is 1. The summed E-state index contributed by atoms with van der Waals surface area (Å²) in [6.45, 7) is 3.38. The Morgan fingerprint density at radius 3 is 2.83 bits per heavy atom. The van der Waals surface area contributed by atoms with Gasteiger partial charge in [0.1, 0.15) is 15.4 Å². The van der Waals surface area contributed by atoms with Crippen LogP contribution in [0.15, 0.2) is 24.4 Å². The van der Waals surface area contributed by atoms with Gasteiger partial charge >= 0.3 is 5.97 Å². The maximum Gasteiger partial charge on any atom is 0.329 e. The average Bonchev–Trinajstić information content (AvgIpc) is 3.22. The van der Waals surface area contributed by atoms with Gasteiger partial charge in [0.15, 0.2) is 11.5 Å². The summed E-state index contributed by atoms with van der Waals surface area (Å²) in [6, 6.07) is 5.43. The van der Waals surface area contributed by atoms with Crippen LogP contribution in [0.1, 0.15) is 29.9 Å². The molecule has 3 rings (SSSR count). The Kier molecular flexibility index (Phi) is 4.15. The quantitative estimate of drug-likeness (QED) is 0.862. The molecule has 0 spiro atoms. The first-order valence-electron chi connectivity index (χ1n) is 7.34. The molecular formula is C16H16N2O5S. The van der Waals surface area contributed by atoms with Gasteiger partial charge in [-0.1, -0.05) is 6.92 Å². The predicted octanol–water partition coefficient (Wildman–Crippen LogP) is 2.52. The average molecular weight is 348 g/mol. The molecule has 2 aromatic rings. The summed E-state index contributed by atoms with van der Waals surface area (Å²) >= 11 is 1.19. The molecule has 0 saturated heterocycles. The molecule has 2 heterocycles. The highest BCUT2D eigenvalue weighted by Crippen LogP contribution is 2.37.